The SMILES string of the molecule is C=C(O)/C=C\C(=C)C(=C)/C(F)=C(/F)C(=C)C(C)OCC(C)C(=C)/C(F)=C(/F)C(=C)OC. The molecule has 0 fully saturated rings. The molecule has 0 aromatic carbocycles. The van der Waals surface area contributed by atoms with E-state index in [2.05, 4.69) is 44.2 Å². The molecule has 0 heterocycles. The van der Waals surface area contributed by atoms with Crippen LogP contribution in [0.4, 0.5) is 17.6 Å². The number of halogens is 4. The van der Waals surface area contributed by atoms with Gasteiger partial charge < -0.3 is 14.6 Å². The molecule has 0 saturated carbocycles. The lowest BCUT2D eigenvalue weighted by atomic mass is 10.0. The summed E-state index contributed by atoms with van der Waals surface area (Å²) in [6, 6.07) is 0. The van der Waals surface area contributed by atoms with Crippen molar-refractivity contribution in [3.8, 4) is 0 Å². The zero-order valence-corrected chi connectivity index (χ0v) is 18.0. The van der Waals surface area contributed by atoms with Gasteiger partial charge in [0, 0.05) is 17.1 Å². The van der Waals surface area contributed by atoms with Gasteiger partial charge in [-0.2, -0.15) is 4.39 Å². The molecule has 0 aliphatic rings. The predicted octanol–water partition coefficient (Wildman–Crippen LogP) is 7.34. The standard InChI is InChI=1S/C24H28F4O3/c1-13(10-11-15(3)29)16(4)21(25)23(27)18(6)19(7)31-12-14(2)17(5)22(26)24(28)20(8)30-9/h10-11,14,19,29H,1,3-6,8,12H2,2,7,9H3/b11-10-,23-21-,24-22-. The Morgan fingerprint density at radius 2 is 1.35 bits per heavy atom. The molecule has 0 radical (unpaired) electrons. The lowest BCUT2D eigenvalue weighted by Crippen LogP contribution is -2.18. The lowest BCUT2D eigenvalue weighted by Gasteiger charge is -2.20. The van der Waals surface area contributed by atoms with Crippen molar-refractivity contribution in [3.05, 3.63) is 109 Å². The van der Waals surface area contributed by atoms with Gasteiger partial charge in [0.05, 0.1) is 19.8 Å². The fourth-order valence-corrected chi connectivity index (χ4v) is 1.95. The van der Waals surface area contributed by atoms with Gasteiger partial charge in [0.15, 0.2) is 23.3 Å². The number of methoxy groups -OCH3 is 1. The van der Waals surface area contributed by atoms with Crippen LogP contribution in [0.15, 0.2) is 109 Å². The summed E-state index contributed by atoms with van der Waals surface area (Å²) in [5.74, 6) is -6.60. The van der Waals surface area contributed by atoms with E-state index >= 15 is 0 Å². The Kier molecular flexibility index (Phi) is 11.4. The van der Waals surface area contributed by atoms with E-state index in [1.807, 2.05) is 0 Å². The van der Waals surface area contributed by atoms with E-state index in [1.165, 1.54) is 19.9 Å². The van der Waals surface area contributed by atoms with Gasteiger partial charge >= 0.3 is 0 Å². The quantitative estimate of drug-likeness (QED) is 0.185. The molecule has 0 spiro atoms. The summed E-state index contributed by atoms with van der Waals surface area (Å²) < 4.78 is 66.7. The lowest BCUT2D eigenvalue weighted by molar-refractivity contribution is 0.0724. The van der Waals surface area contributed by atoms with Crippen LogP contribution < -0.4 is 0 Å². The third kappa shape index (κ3) is 8.30. The third-order valence-corrected chi connectivity index (χ3v) is 4.25. The van der Waals surface area contributed by atoms with Crippen molar-refractivity contribution in [1.29, 1.82) is 0 Å². The van der Waals surface area contributed by atoms with Crippen LogP contribution >= 0.6 is 0 Å². The molecule has 0 aromatic rings. The summed E-state index contributed by atoms with van der Waals surface area (Å²) in [5, 5.41) is 9.01. The molecular weight excluding hydrogens is 412 g/mol. The van der Waals surface area contributed by atoms with Gasteiger partial charge in [0.1, 0.15) is 11.5 Å². The topological polar surface area (TPSA) is 38.7 Å². The van der Waals surface area contributed by atoms with Crippen LogP contribution in [0, 0.1) is 5.92 Å². The highest BCUT2D eigenvalue weighted by atomic mass is 19.2. The maximum Gasteiger partial charge on any atom is 0.200 e. The molecule has 0 aliphatic heterocycles. The molecule has 3 nitrogen and oxygen atoms in total. The molecule has 1 N–H and O–H groups in total. The first-order chi connectivity index (χ1) is 14.3. The first-order valence-corrected chi connectivity index (χ1v) is 9.04. The molecule has 7 heteroatoms. The second-order valence-electron chi connectivity index (χ2n) is 6.64. The molecule has 0 aliphatic carbocycles. The van der Waals surface area contributed by atoms with Crippen LogP contribution in [0.5, 0.6) is 0 Å². The van der Waals surface area contributed by atoms with Gasteiger partial charge in [-0.15, -0.1) is 0 Å². The molecule has 170 valence electrons. The van der Waals surface area contributed by atoms with Gasteiger partial charge in [0.25, 0.3) is 0 Å². The number of allylic oxidation sites excluding steroid dienone is 7. The van der Waals surface area contributed by atoms with Gasteiger partial charge in [-0.05, 0) is 24.1 Å². The average molecular weight is 440 g/mol. The van der Waals surface area contributed by atoms with E-state index in [0.717, 1.165) is 13.2 Å². The zero-order valence-electron chi connectivity index (χ0n) is 18.0. The Bertz CT molecular complexity index is 875. The van der Waals surface area contributed by atoms with Crippen LogP contribution in [0.1, 0.15) is 13.8 Å². The fourth-order valence-electron chi connectivity index (χ4n) is 1.95. The minimum atomic E-state index is -1.30. The van der Waals surface area contributed by atoms with Gasteiger partial charge in [0.2, 0.25) is 0 Å². The number of rotatable bonds is 13. The van der Waals surface area contributed by atoms with E-state index in [1.54, 1.807) is 0 Å². The largest absolute Gasteiger partial charge is 0.509 e. The van der Waals surface area contributed by atoms with E-state index < -0.39 is 41.1 Å². The van der Waals surface area contributed by atoms with Crippen LogP contribution in [0.25, 0.3) is 0 Å². The summed E-state index contributed by atoms with van der Waals surface area (Å²) >= 11 is 0. The van der Waals surface area contributed by atoms with Crippen LogP contribution in [0.2, 0.25) is 0 Å². The number of ether oxygens (including phenoxy) is 2. The first-order valence-electron chi connectivity index (χ1n) is 9.04. The number of hydrogen-bond acceptors (Lipinski definition) is 3. The van der Waals surface area contributed by atoms with Crippen molar-refractivity contribution in [2.45, 2.75) is 20.0 Å². The van der Waals surface area contributed by atoms with Crippen molar-refractivity contribution in [2.24, 2.45) is 5.92 Å². The van der Waals surface area contributed by atoms with Gasteiger partial charge in [-0.3, -0.25) is 0 Å². The highest BCUT2D eigenvalue weighted by Gasteiger charge is 2.22. The highest BCUT2D eigenvalue weighted by Crippen LogP contribution is 2.30. The van der Waals surface area contributed by atoms with E-state index in [0.29, 0.717) is 0 Å². The Balaban J connectivity index is 5.20. The van der Waals surface area contributed by atoms with Crippen molar-refractivity contribution >= 4 is 0 Å². The maximum atomic E-state index is 14.5. The van der Waals surface area contributed by atoms with Crippen molar-refractivity contribution in [3.63, 3.8) is 0 Å². The zero-order chi connectivity index (χ0) is 24.5. The molecule has 31 heavy (non-hydrogen) atoms. The summed E-state index contributed by atoms with van der Waals surface area (Å²) in [6.07, 6.45) is 1.36. The maximum absolute atomic E-state index is 14.5. The smallest absolute Gasteiger partial charge is 0.200 e. The summed E-state index contributed by atoms with van der Waals surface area (Å²) in [4.78, 5) is 0. The second-order valence-corrected chi connectivity index (χ2v) is 6.64. The summed E-state index contributed by atoms with van der Waals surface area (Å²) in [7, 11) is 1.14. The number of aliphatic hydroxyl groups excluding tert-OH is 1. The van der Waals surface area contributed by atoms with Crippen molar-refractivity contribution in [1.82, 2.24) is 0 Å². The Morgan fingerprint density at radius 3 is 1.84 bits per heavy atom. The minimum absolute atomic E-state index is 0.0103. The first kappa shape index (κ1) is 27.9. The second kappa shape index (κ2) is 12.6. The Hall–Kier alpha value is -3.06. The molecular formula is C24H28F4O3. The van der Waals surface area contributed by atoms with Crippen LogP contribution in [-0.2, 0) is 9.47 Å². The number of aliphatic hydroxyl groups is 1. The molecule has 2 atom stereocenters. The van der Waals surface area contributed by atoms with Gasteiger partial charge in [-0.1, -0.05) is 52.5 Å². The van der Waals surface area contributed by atoms with Gasteiger partial charge in [-0.25, -0.2) is 13.2 Å². The predicted molar refractivity (Wildman–Crippen MR) is 117 cm³/mol. The third-order valence-electron chi connectivity index (χ3n) is 4.25. The van der Waals surface area contributed by atoms with Crippen molar-refractivity contribution in [2.75, 3.05) is 13.7 Å². The van der Waals surface area contributed by atoms with Crippen LogP contribution in [0.3, 0.4) is 0 Å². The average Bonchev–Trinajstić information content (AvgIpc) is 2.76. The Labute approximate surface area is 181 Å². The fraction of sp³-hybridized carbons (Fsp3) is 0.250. The molecule has 0 amide bonds. The minimum Gasteiger partial charge on any atom is -0.509 e. The molecule has 0 bridgehead atoms. The van der Waals surface area contributed by atoms with Crippen LogP contribution in [-0.4, -0.2) is 24.9 Å². The summed E-state index contributed by atoms with van der Waals surface area (Å²) in [6.45, 7) is 23.1. The molecule has 0 aromatic heterocycles. The monoisotopic (exact) mass is 440 g/mol. The number of hydrogen-bond donors (Lipinski definition) is 1. The van der Waals surface area contributed by atoms with E-state index in [4.69, 9.17) is 9.84 Å². The molecule has 0 rings (SSSR count). The molecule has 0 saturated heterocycles. The molecule has 2 unspecified atom stereocenters. The van der Waals surface area contributed by atoms with E-state index in [9.17, 15) is 17.6 Å². The summed E-state index contributed by atoms with van der Waals surface area (Å²) in [5.41, 5.74) is -0.880. The van der Waals surface area contributed by atoms with E-state index in [-0.39, 0.29) is 34.7 Å². The Morgan fingerprint density at radius 1 is 0.839 bits per heavy atom. The normalized spacial score (nSPS) is 14.8. The van der Waals surface area contributed by atoms with Crippen molar-refractivity contribution < 1.29 is 32.1 Å². The highest BCUT2D eigenvalue weighted by molar-refractivity contribution is 5.50.